The van der Waals surface area contributed by atoms with Crippen molar-refractivity contribution < 1.29 is 4.39 Å². The summed E-state index contributed by atoms with van der Waals surface area (Å²) in [7, 11) is 0. The first-order valence-electron chi connectivity index (χ1n) is 6.01. The lowest BCUT2D eigenvalue weighted by Gasteiger charge is -2.12. The molecule has 0 bridgehead atoms. The fraction of sp³-hybridized carbons (Fsp3) is 0. The Hall–Kier alpha value is -2.33. The maximum atomic E-state index is 13.8. The summed E-state index contributed by atoms with van der Waals surface area (Å²) in [6.45, 7) is 0. The van der Waals surface area contributed by atoms with Gasteiger partial charge in [0, 0.05) is 17.3 Å². The van der Waals surface area contributed by atoms with Gasteiger partial charge in [-0.3, -0.25) is 0 Å². The fourth-order valence-corrected chi connectivity index (χ4v) is 2.26. The van der Waals surface area contributed by atoms with E-state index in [1.807, 2.05) is 18.2 Å². The van der Waals surface area contributed by atoms with E-state index in [0.29, 0.717) is 33.0 Å². The lowest BCUT2D eigenvalue weighted by Crippen LogP contribution is -1.98. The van der Waals surface area contributed by atoms with Crippen LogP contribution in [-0.2, 0) is 0 Å². The second kappa shape index (κ2) is 4.98. The Morgan fingerprint density at radius 3 is 2.70 bits per heavy atom. The highest BCUT2D eigenvalue weighted by molar-refractivity contribution is 6.33. The molecule has 0 fully saturated rings. The first-order chi connectivity index (χ1) is 9.66. The molecule has 0 saturated heterocycles. The van der Waals surface area contributed by atoms with Crippen molar-refractivity contribution in [1.82, 2.24) is 4.98 Å². The Balaban J connectivity index is 2.18. The molecule has 100 valence electrons. The van der Waals surface area contributed by atoms with E-state index in [0.717, 1.165) is 0 Å². The molecule has 0 saturated carbocycles. The van der Waals surface area contributed by atoms with Gasteiger partial charge in [-0.2, -0.15) is 0 Å². The largest absolute Gasteiger partial charge is 0.398 e. The van der Waals surface area contributed by atoms with Crippen molar-refractivity contribution >= 4 is 39.6 Å². The predicted octanol–water partition coefficient (Wildman–Crippen LogP) is 4.35. The highest BCUT2D eigenvalue weighted by atomic mass is 35.5. The molecule has 20 heavy (non-hydrogen) atoms. The van der Waals surface area contributed by atoms with Gasteiger partial charge in [-0.15, -0.1) is 0 Å². The number of rotatable bonds is 2. The molecule has 0 aliphatic carbocycles. The first-order valence-corrected chi connectivity index (χ1v) is 6.39. The maximum Gasteiger partial charge on any atom is 0.140 e. The van der Waals surface area contributed by atoms with Gasteiger partial charge < -0.3 is 11.1 Å². The third-order valence-corrected chi connectivity index (χ3v) is 3.36. The highest BCUT2D eigenvalue weighted by Gasteiger charge is 2.10. The quantitative estimate of drug-likeness (QED) is 0.689. The van der Waals surface area contributed by atoms with E-state index in [-0.39, 0.29) is 5.82 Å². The van der Waals surface area contributed by atoms with Crippen molar-refractivity contribution in [3.8, 4) is 0 Å². The van der Waals surface area contributed by atoms with E-state index in [1.165, 1.54) is 18.3 Å². The molecular formula is C15H11ClFN3. The average Bonchev–Trinajstić information content (AvgIpc) is 2.45. The number of nitrogens with two attached hydrogens (primary N) is 1. The molecule has 0 aliphatic heterocycles. The van der Waals surface area contributed by atoms with Gasteiger partial charge >= 0.3 is 0 Å². The number of halogens is 2. The van der Waals surface area contributed by atoms with Crippen LogP contribution in [0.3, 0.4) is 0 Å². The summed E-state index contributed by atoms with van der Waals surface area (Å²) < 4.78 is 13.8. The number of fused-ring (bicyclic) bond motifs is 1. The molecule has 3 N–H and O–H groups in total. The normalized spacial score (nSPS) is 10.7. The van der Waals surface area contributed by atoms with Gasteiger partial charge in [-0.05, 0) is 30.3 Å². The third kappa shape index (κ3) is 2.14. The summed E-state index contributed by atoms with van der Waals surface area (Å²) in [5, 5.41) is 4.62. The van der Waals surface area contributed by atoms with Crippen LogP contribution in [-0.4, -0.2) is 4.98 Å². The molecule has 0 aliphatic rings. The molecule has 5 heteroatoms. The maximum absolute atomic E-state index is 13.8. The summed E-state index contributed by atoms with van der Waals surface area (Å²) in [6.07, 6.45) is 1.53. The van der Waals surface area contributed by atoms with Gasteiger partial charge in [0.05, 0.1) is 16.1 Å². The van der Waals surface area contributed by atoms with Gasteiger partial charge in [0.15, 0.2) is 0 Å². The zero-order valence-electron chi connectivity index (χ0n) is 10.4. The number of hydrogen-bond acceptors (Lipinski definition) is 3. The van der Waals surface area contributed by atoms with Crippen molar-refractivity contribution in [1.29, 1.82) is 0 Å². The summed E-state index contributed by atoms with van der Waals surface area (Å²) >= 11 is 6.10. The minimum Gasteiger partial charge on any atom is -0.398 e. The standard InChI is InChI=1S/C15H11ClFN3/c16-10-3-1-2-4-13(10)20-15-14-9(7-8-19-15)11(17)5-6-12(14)18/h1-8H,18H2,(H,19,20). The molecule has 0 unspecified atom stereocenters. The number of nitrogens with one attached hydrogen (secondary N) is 1. The lowest BCUT2D eigenvalue weighted by molar-refractivity contribution is 0.640. The molecule has 1 aromatic heterocycles. The molecule has 3 nitrogen and oxygen atoms in total. The van der Waals surface area contributed by atoms with Gasteiger partial charge in [-0.1, -0.05) is 23.7 Å². The number of benzene rings is 2. The minimum atomic E-state index is -0.334. The van der Waals surface area contributed by atoms with Crippen LogP contribution in [0.4, 0.5) is 21.6 Å². The van der Waals surface area contributed by atoms with Crippen molar-refractivity contribution in [2.45, 2.75) is 0 Å². The van der Waals surface area contributed by atoms with Crippen LogP contribution in [0.2, 0.25) is 5.02 Å². The van der Waals surface area contributed by atoms with Crippen molar-refractivity contribution in [2.75, 3.05) is 11.1 Å². The highest BCUT2D eigenvalue weighted by Crippen LogP contribution is 2.32. The van der Waals surface area contributed by atoms with Crippen molar-refractivity contribution in [2.24, 2.45) is 0 Å². The molecule has 0 atom stereocenters. The zero-order chi connectivity index (χ0) is 14.1. The van der Waals surface area contributed by atoms with Gasteiger partial charge in [-0.25, -0.2) is 9.37 Å². The van der Waals surface area contributed by atoms with E-state index >= 15 is 0 Å². The van der Waals surface area contributed by atoms with Crippen LogP contribution < -0.4 is 11.1 Å². The smallest absolute Gasteiger partial charge is 0.140 e. The van der Waals surface area contributed by atoms with Gasteiger partial charge in [0.25, 0.3) is 0 Å². The number of nitrogens with zero attached hydrogens (tertiary/aromatic N) is 1. The number of para-hydroxylation sites is 1. The van der Waals surface area contributed by atoms with Crippen LogP contribution >= 0.6 is 11.6 Å². The van der Waals surface area contributed by atoms with E-state index < -0.39 is 0 Å². The number of nitrogen functional groups attached to an aromatic ring is 1. The Labute approximate surface area is 120 Å². The zero-order valence-corrected chi connectivity index (χ0v) is 11.2. The molecule has 3 rings (SSSR count). The number of anilines is 3. The number of hydrogen-bond donors (Lipinski definition) is 2. The molecular weight excluding hydrogens is 277 g/mol. The molecule has 0 radical (unpaired) electrons. The summed E-state index contributed by atoms with van der Waals surface area (Å²) in [5.41, 5.74) is 7.09. The average molecular weight is 288 g/mol. The second-order valence-corrected chi connectivity index (χ2v) is 4.73. The number of pyridine rings is 1. The van der Waals surface area contributed by atoms with Crippen LogP contribution in [0, 0.1) is 5.82 Å². The first kappa shape index (κ1) is 12.7. The van der Waals surface area contributed by atoms with Crippen LogP contribution in [0.5, 0.6) is 0 Å². The SMILES string of the molecule is Nc1ccc(F)c2ccnc(Nc3ccccc3Cl)c12. The van der Waals surface area contributed by atoms with E-state index in [2.05, 4.69) is 10.3 Å². The van der Waals surface area contributed by atoms with E-state index in [1.54, 1.807) is 12.1 Å². The Morgan fingerprint density at radius 2 is 1.90 bits per heavy atom. The van der Waals surface area contributed by atoms with Gasteiger partial charge in [0.1, 0.15) is 11.6 Å². The Kier molecular flexibility index (Phi) is 3.16. The molecule has 0 amide bonds. The Bertz CT molecular complexity index is 789. The monoisotopic (exact) mass is 287 g/mol. The predicted molar refractivity (Wildman–Crippen MR) is 80.8 cm³/mol. The van der Waals surface area contributed by atoms with E-state index in [4.69, 9.17) is 17.3 Å². The second-order valence-electron chi connectivity index (χ2n) is 4.32. The van der Waals surface area contributed by atoms with Crippen molar-refractivity contribution in [3.63, 3.8) is 0 Å². The summed E-state index contributed by atoms with van der Waals surface area (Å²) in [5.74, 6) is 0.145. The summed E-state index contributed by atoms with van der Waals surface area (Å²) in [6, 6.07) is 11.7. The lowest BCUT2D eigenvalue weighted by atomic mass is 10.1. The van der Waals surface area contributed by atoms with E-state index in [9.17, 15) is 4.39 Å². The van der Waals surface area contributed by atoms with Crippen LogP contribution in [0.15, 0.2) is 48.7 Å². The molecule has 1 heterocycles. The number of aromatic nitrogens is 1. The van der Waals surface area contributed by atoms with Gasteiger partial charge in [0.2, 0.25) is 0 Å². The third-order valence-electron chi connectivity index (χ3n) is 3.03. The molecule has 0 spiro atoms. The van der Waals surface area contributed by atoms with Crippen LogP contribution in [0.25, 0.3) is 10.8 Å². The fourth-order valence-electron chi connectivity index (χ4n) is 2.07. The molecule has 3 aromatic rings. The van der Waals surface area contributed by atoms with Crippen molar-refractivity contribution in [3.05, 3.63) is 59.5 Å². The topological polar surface area (TPSA) is 50.9 Å². The Morgan fingerprint density at radius 1 is 1.10 bits per heavy atom. The summed E-state index contributed by atoms with van der Waals surface area (Å²) in [4.78, 5) is 4.23. The minimum absolute atomic E-state index is 0.334. The molecule has 2 aromatic carbocycles. The van der Waals surface area contributed by atoms with Crippen LogP contribution in [0.1, 0.15) is 0 Å².